The van der Waals surface area contributed by atoms with Crippen LogP contribution in [-0.2, 0) is 30.9 Å². The van der Waals surface area contributed by atoms with Crippen LogP contribution in [0.4, 0.5) is 0 Å². The van der Waals surface area contributed by atoms with Crippen molar-refractivity contribution in [1.82, 2.24) is 4.90 Å². The Kier molecular flexibility index (Phi) is 5.38. The van der Waals surface area contributed by atoms with Crippen LogP contribution in [0.2, 0.25) is 0 Å². The molecule has 9 heteroatoms. The first-order valence-electron chi connectivity index (χ1n) is 12.5. The van der Waals surface area contributed by atoms with Gasteiger partial charge in [-0.1, -0.05) is 36.4 Å². The number of nitrogens with zero attached hydrogens (tertiary/aromatic N) is 1. The average Bonchev–Trinajstić information content (AvgIpc) is 3.25. The molecule has 4 aliphatic rings. The van der Waals surface area contributed by atoms with Crippen molar-refractivity contribution in [2.24, 2.45) is 0 Å². The molecule has 9 nitrogen and oxygen atoms in total. The number of hydrogen-bond acceptors (Lipinski definition) is 9. The minimum Gasteiger partial charge on any atom is -0.504 e. The smallest absolute Gasteiger partial charge is 0.352 e. The van der Waals surface area contributed by atoms with Crippen LogP contribution in [0.1, 0.15) is 42.6 Å². The Morgan fingerprint density at radius 2 is 1.92 bits per heavy atom. The molecule has 0 unspecified atom stereocenters. The number of phenols is 1. The Labute approximate surface area is 213 Å². The van der Waals surface area contributed by atoms with E-state index in [1.165, 1.54) is 6.92 Å². The first-order valence-corrected chi connectivity index (χ1v) is 12.5. The number of piperidine rings is 1. The van der Waals surface area contributed by atoms with Gasteiger partial charge in [0.15, 0.2) is 29.8 Å². The van der Waals surface area contributed by atoms with E-state index in [1.807, 2.05) is 13.1 Å². The number of likely N-dealkylation sites (N-methyl/N-ethyl adjacent to an activating group) is 1. The van der Waals surface area contributed by atoms with Gasteiger partial charge in [-0.15, -0.1) is 0 Å². The molecular weight excluding hydrogens is 478 g/mol. The van der Waals surface area contributed by atoms with E-state index < -0.39 is 41.3 Å². The first-order chi connectivity index (χ1) is 17.7. The van der Waals surface area contributed by atoms with Crippen molar-refractivity contribution in [2.45, 2.75) is 61.6 Å². The number of carbonyl (C=O) groups is 2. The quantitative estimate of drug-likeness (QED) is 0.520. The summed E-state index contributed by atoms with van der Waals surface area (Å²) in [6.07, 6.45) is -0.595. The zero-order valence-corrected chi connectivity index (χ0v) is 20.6. The normalized spacial score (nSPS) is 30.9. The lowest BCUT2D eigenvalue weighted by Gasteiger charge is -2.61. The van der Waals surface area contributed by atoms with Gasteiger partial charge in [0.05, 0.1) is 11.0 Å². The Bertz CT molecular complexity index is 1310. The van der Waals surface area contributed by atoms with E-state index in [1.54, 1.807) is 42.5 Å². The highest BCUT2D eigenvalue weighted by molar-refractivity contribution is 5.82. The van der Waals surface area contributed by atoms with Crippen molar-refractivity contribution in [3.63, 3.8) is 0 Å². The molecule has 2 bridgehead atoms. The predicted molar refractivity (Wildman–Crippen MR) is 130 cm³/mol. The van der Waals surface area contributed by atoms with Crippen LogP contribution in [0.25, 0.3) is 0 Å². The van der Waals surface area contributed by atoms with Crippen LogP contribution < -0.4 is 4.74 Å². The number of aliphatic hydroxyl groups is 2. The number of phenolic OH excluding ortho intramolecular Hbond substituents is 1. The zero-order valence-electron chi connectivity index (χ0n) is 20.6. The SMILES string of the molecule is C[C@H](OC(=O)[C@@H](O)c1ccccc1)C(=O)OC1=CC[C@@]2(O)[C@@H]3Cc4ccc(O)c5c4[C@@]2(CCN3C)[C@H]1O5. The summed E-state index contributed by atoms with van der Waals surface area (Å²) in [6.45, 7) is 2.07. The summed E-state index contributed by atoms with van der Waals surface area (Å²) in [5, 5.41) is 33.0. The van der Waals surface area contributed by atoms with Crippen molar-refractivity contribution in [3.8, 4) is 11.5 Å². The standard InChI is InChI=1S/C28H29NO8/c1-15(35-26(33)22(31)16-6-4-3-5-7-16)25(32)36-19-10-11-28(34)20-14-17-8-9-18(30)23-21(17)27(28,24(19)37-23)12-13-29(20)2/h3-10,15,20,22,24,30-31,34H,11-14H2,1-2H3/t15-,20-,22-,24-,27-,28+/m0/s1. The van der Waals surface area contributed by atoms with Gasteiger partial charge < -0.3 is 34.4 Å². The second-order valence-corrected chi connectivity index (χ2v) is 10.4. The monoisotopic (exact) mass is 507 g/mol. The Hall–Kier alpha value is -3.40. The van der Waals surface area contributed by atoms with Crippen molar-refractivity contribution in [1.29, 1.82) is 0 Å². The van der Waals surface area contributed by atoms with Crippen molar-refractivity contribution < 1.29 is 39.1 Å². The third-order valence-electron chi connectivity index (χ3n) is 8.54. The van der Waals surface area contributed by atoms with Gasteiger partial charge in [0, 0.05) is 18.0 Å². The lowest BCUT2D eigenvalue weighted by Crippen LogP contribution is -2.74. The molecule has 1 spiro atoms. The molecule has 194 valence electrons. The molecular formula is C28H29NO8. The lowest BCUT2D eigenvalue weighted by molar-refractivity contribution is -0.178. The van der Waals surface area contributed by atoms with E-state index >= 15 is 0 Å². The summed E-state index contributed by atoms with van der Waals surface area (Å²) in [4.78, 5) is 27.6. The fourth-order valence-corrected chi connectivity index (χ4v) is 6.69. The maximum Gasteiger partial charge on any atom is 0.352 e. The summed E-state index contributed by atoms with van der Waals surface area (Å²) in [6, 6.07) is 11.6. The zero-order chi connectivity index (χ0) is 26.1. The Morgan fingerprint density at radius 1 is 1.16 bits per heavy atom. The summed E-state index contributed by atoms with van der Waals surface area (Å²) in [7, 11) is 1.99. The maximum absolute atomic E-state index is 13.0. The van der Waals surface area contributed by atoms with Crippen LogP contribution >= 0.6 is 0 Å². The minimum absolute atomic E-state index is 0.0230. The predicted octanol–water partition coefficient (Wildman–Crippen LogP) is 1.88. The topological polar surface area (TPSA) is 126 Å². The second-order valence-electron chi connectivity index (χ2n) is 10.4. The molecule has 2 heterocycles. The highest BCUT2D eigenvalue weighted by atomic mass is 16.6. The molecule has 1 saturated heterocycles. The molecule has 6 atom stereocenters. The van der Waals surface area contributed by atoms with Gasteiger partial charge in [-0.2, -0.15) is 0 Å². The molecule has 2 aromatic rings. The fourth-order valence-electron chi connectivity index (χ4n) is 6.69. The summed E-state index contributed by atoms with van der Waals surface area (Å²) < 4.78 is 17.2. The highest BCUT2D eigenvalue weighted by Gasteiger charge is 2.72. The molecule has 2 aliphatic heterocycles. The number of esters is 2. The van der Waals surface area contributed by atoms with Crippen LogP contribution in [0.15, 0.2) is 54.3 Å². The number of aliphatic hydroxyl groups excluding tert-OH is 1. The van der Waals surface area contributed by atoms with Gasteiger partial charge in [-0.05, 0) is 56.6 Å². The summed E-state index contributed by atoms with van der Waals surface area (Å²) >= 11 is 0. The Balaban J connectivity index is 1.27. The number of likely N-dealkylation sites (tertiary alicyclic amines) is 1. The Morgan fingerprint density at radius 3 is 2.68 bits per heavy atom. The number of rotatable bonds is 5. The minimum atomic E-state index is -1.54. The van der Waals surface area contributed by atoms with E-state index in [-0.39, 0.29) is 24.0 Å². The van der Waals surface area contributed by atoms with Gasteiger partial charge in [0.25, 0.3) is 0 Å². The highest BCUT2D eigenvalue weighted by Crippen LogP contribution is 2.65. The summed E-state index contributed by atoms with van der Waals surface area (Å²) in [5.74, 6) is -1.28. The van der Waals surface area contributed by atoms with Crippen molar-refractivity contribution >= 4 is 11.9 Å². The van der Waals surface area contributed by atoms with Gasteiger partial charge in [0.2, 0.25) is 0 Å². The van der Waals surface area contributed by atoms with E-state index in [0.29, 0.717) is 30.7 Å². The molecule has 0 aromatic heterocycles. The lowest BCUT2D eigenvalue weighted by atomic mass is 9.50. The number of hydrogen-bond donors (Lipinski definition) is 3. The van der Waals surface area contributed by atoms with E-state index in [0.717, 1.165) is 11.1 Å². The fraction of sp³-hybridized carbons (Fsp3) is 0.429. The van der Waals surface area contributed by atoms with Gasteiger partial charge in [-0.25, -0.2) is 9.59 Å². The molecule has 2 aliphatic carbocycles. The third kappa shape index (κ3) is 3.27. The van der Waals surface area contributed by atoms with Crippen molar-refractivity contribution in [2.75, 3.05) is 13.6 Å². The molecule has 0 radical (unpaired) electrons. The van der Waals surface area contributed by atoms with Crippen LogP contribution in [-0.4, -0.2) is 69.6 Å². The third-order valence-corrected chi connectivity index (χ3v) is 8.54. The van der Waals surface area contributed by atoms with Gasteiger partial charge >= 0.3 is 11.9 Å². The van der Waals surface area contributed by atoms with Crippen LogP contribution in [0.5, 0.6) is 11.5 Å². The van der Waals surface area contributed by atoms with Gasteiger partial charge in [-0.3, -0.25) is 0 Å². The molecule has 1 fully saturated rings. The molecule has 6 rings (SSSR count). The number of aromatic hydroxyl groups is 1. The second kappa shape index (κ2) is 8.31. The molecule has 2 aromatic carbocycles. The van der Waals surface area contributed by atoms with E-state index in [9.17, 15) is 24.9 Å². The van der Waals surface area contributed by atoms with Gasteiger partial charge in [0.1, 0.15) is 5.76 Å². The largest absolute Gasteiger partial charge is 0.504 e. The number of ether oxygens (including phenoxy) is 3. The maximum atomic E-state index is 13.0. The number of benzene rings is 2. The summed E-state index contributed by atoms with van der Waals surface area (Å²) in [5.41, 5.74) is 0.0745. The molecule has 37 heavy (non-hydrogen) atoms. The molecule has 0 saturated carbocycles. The first kappa shape index (κ1) is 24.0. The van der Waals surface area contributed by atoms with E-state index in [4.69, 9.17) is 14.2 Å². The molecule has 0 amide bonds. The molecule has 3 N–H and O–H groups in total. The average molecular weight is 508 g/mol. The number of carbonyl (C=O) groups excluding carboxylic acids is 2. The van der Waals surface area contributed by atoms with Crippen molar-refractivity contribution in [3.05, 3.63) is 71.0 Å². The van der Waals surface area contributed by atoms with Crippen LogP contribution in [0, 0.1) is 0 Å². The van der Waals surface area contributed by atoms with E-state index in [2.05, 4.69) is 4.90 Å². The van der Waals surface area contributed by atoms with Crippen LogP contribution in [0.3, 0.4) is 0 Å².